The van der Waals surface area contributed by atoms with Crippen LogP contribution in [0, 0.1) is 28.6 Å². The lowest BCUT2D eigenvalue weighted by Gasteiger charge is -2.32. The maximum absolute atomic E-state index is 16.1. The molecule has 4 aromatic carbocycles. The molecule has 0 spiro atoms. The summed E-state index contributed by atoms with van der Waals surface area (Å²) < 4.78 is 2.13. The van der Waals surface area contributed by atoms with Crippen LogP contribution >= 0.6 is 0 Å². The lowest BCUT2D eigenvalue weighted by atomic mass is 9.75. The highest BCUT2D eigenvalue weighted by Gasteiger charge is 2.39. The Labute approximate surface area is 628 Å². The number of amides is 5. The number of imidazole rings is 1. The van der Waals surface area contributed by atoms with Crippen molar-refractivity contribution in [3.63, 3.8) is 0 Å². The zero-order valence-electron chi connectivity index (χ0n) is 63.0. The molecule has 8 bridgehead atoms. The number of benzene rings is 4. The summed E-state index contributed by atoms with van der Waals surface area (Å²) in [6, 6.07) is 37.2. The van der Waals surface area contributed by atoms with E-state index in [2.05, 4.69) is 73.8 Å². The molecule has 17 heteroatoms. The van der Waals surface area contributed by atoms with Crippen molar-refractivity contribution < 1.29 is 28.8 Å². The number of Topliss-reactive ketones (excluding diaryl/α,β-unsaturated/α-hetero) is 1. The number of aromatic amines is 2. The lowest BCUT2D eigenvalue weighted by molar-refractivity contribution is -0.127. The van der Waals surface area contributed by atoms with Gasteiger partial charge in [0.05, 0.1) is 28.3 Å². The molecule has 17 nitrogen and oxygen atoms in total. The molecule has 6 heterocycles. The molecule has 4 aromatic heterocycles. The van der Waals surface area contributed by atoms with Gasteiger partial charge in [-0.2, -0.15) is 0 Å². The van der Waals surface area contributed by atoms with Crippen molar-refractivity contribution in [1.82, 2.24) is 34.8 Å². The number of hydrogen-bond donors (Lipinski definition) is 7. The molecule has 6 aliphatic rings. The number of carbonyl (C=O) groups excluding carboxylic acids is 6. The van der Waals surface area contributed by atoms with Crippen molar-refractivity contribution >= 4 is 104 Å². The summed E-state index contributed by atoms with van der Waals surface area (Å²) in [6.07, 6.45) is 32.9. The molecule has 2 aliphatic heterocycles. The third-order valence-electron chi connectivity index (χ3n) is 24.1. The van der Waals surface area contributed by atoms with E-state index < -0.39 is 21.7 Å². The highest BCUT2D eigenvalue weighted by Crippen LogP contribution is 2.48. The Kier molecular flexibility index (Phi) is 22.0. The summed E-state index contributed by atoms with van der Waals surface area (Å²) in [7, 11) is 0. The molecule has 8 aromatic rings. The van der Waals surface area contributed by atoms with Crippen LogP contribution in [0.25, 0.3) is 90.9 Å². The van der Waals surface area contributed by atoms with Gasteiger partial charge in [0, 0.05) is 149 Å². The highest BCUT2D eigenvalue weighted by atomic mass is 16.2. The quantitative estimate of drug-likeness (QED) is 0.0238. The van der Waals surface area contributed by atoms with Crippen LogP contribution in [0.4, 0.5) is 22.7 Å². The summed E-state index contributed by atoms with van der Waals surface area (Å²) >= 11 is 0. The molecule has 554 valence electrons. The molecule has 5 amide bonds. The van der Waals surface area contributed by atoms with Crippen LogP contribution in [-0.4, -0.2) is 71.4 Å². The Hall–Kier alpha value is -10.3. The van der Waals surface area contributed by atoms with Crippen molar-refractivity contribution in [2.75, 3.05) is 27.8 Å². The van der Waals surface area contributed by atoms with Crippen LogP contribution in [0.15, 0.2) is 128 Å². The predicted octanol–water partition coefficient (Wildman–Crippen LogP) is 20.8. The number of nitrogens with one attached hydrogen (secondary N) is 7. The third-order valence-corrected chi connectivity index (χ3v) is 24.1. The first kappa shape index (κ1) is 73.6. The number of fused-ring (bicyclic) bond motifs is 8. The number of carbonyl (C=O) groups is 6. The Bertz CT molecular complexity index is 4940. The second-order valence-corrected chi connectivity index (χ2v) is 32.0. The SMILES string of the molecule is Cc1nccn1CCCCCNC(=O)CCCC(=O)c1cc2[nH]c1c(-c1ccccc1NC(=O)C1(C)CCCCC1)c1nc(c(-c3ccccc3NC(=O)C3(C)CCCCC3)c3ccc([nH]3)c(-c3ccccc3NC(=O)C3(C)CCCCC3)c3nc(c2-c2ccccc2NC(=O)C2(C)CCCCC2)C=C3)C=C1. The van der Waals surface area contributed by atoms with Crippen LogP contribution < -0.4 is 26.6 Å². The molecular weight excluding hydrogens is 1330 g/mol. The van der Waals surface area contributed by atoms with Crippen LogP contribution in [0.3, 0.4) is 0 Å². The van der Waals surface area contributed by atoms with Crippen LogP contribution in [0.1, 0.15) is 234 Å². The third kappa shape index (κ3) is 15.9. The Morgan fingerprint density at radius 1 is 0.421 bits per heavy atom. The number of unbranched alkanes of at least 4 members (excludes halogenated alkanes) is 2. The molecular formula is C90H103N11O6. The monoisotopic (exact) mass is 1430 g/mol. The predicted molar refractivity (Wildman–Crippen MR) is 432 cm³/mol. The first-order chi connectivity index (χ1) is 51.9. The van der Waals surface area contributed by atoms with Crippen molar-refractivity contribution in [1.29, 1.82) is 0 Å². The molecule has 0 saturated heterocycles. The van der Waals surface area contributed by atoms with Gasteiger partial charge in [-0.15, -0.1) is 0 Å². The molecule has 107 heavy (non-hydrogen) atoms. The molecule has 4 fully saturated rings. The number of ketones is 1. The summed E-state index contributed by atoms with van der Waals surface area (Å²) in [5.41, 5.74) is 9.83. The minimum atomic E-state index is -0.627. The Balaban J connectivity index is 1.02. The van der Waals surface area contributed by atoms with Gasteiger partial charge in [0.2, 0.25) is 29.5 Å². The van der Waals surface area contributed by atoms with Gasteiger partial charge in [0.15, 0.2) is 5.78 Å². The van der Waals surface area contributed by atoms with Crippen molar-refractivity contribution in [3.05, 3.63) is 162 Å². The van der Waals surface area contributed by atoms with Crippen molar-refractivity contribution in [2.45, 2.75) is 208 Å². The van der Waals surface area contributed by atoms with Gasteiger partial charge in [-0.25, -0.2) is 15.0 Å². The van der Waals surface area contributed by atoms with Gasteiger partial charge in [-0.3, -0.25) is 28.8 Å². The minimum Gasteiger partial charge on any atom is -0.356 e. The summed E-state index contributed by atoms with van der Waals surface area (Å²) in [5, 5.41) is 16.9. The largest absolute Gasteiger partial charge is 0.356 e. The van der Waals surface area contributed by atoms with E-state index in [-0.39, 0.29) is 54.6 Å². The number of aromatic nitrogens is 6. The standard InChI is InChI=1S/C90H103N11O6/c1-59-91-55-57-101(59)56-28-10-27-54-92-77(103)39-29-38-76(102)64-58-75-80(62-32-13-17-36-67(62)99-85(106)89(4)50-23-8-24-51-89)73-43-42-71(94-73)78(60-30-11-15-34-65(60)97-83(104)87(2)46-19-6-20-47-87)69-40-41-70(93-69)79(61-31-12-16-35-66(61)98-84(105)88(3)48-21-7-22-49-88)72-44-45-74(95-72)81(82(64)96-75)63-33-14-18-37-68(63)100-86(107)90(5)52-25-9-26-53-90/h11-18,30-37,40-45,55,57-58,93,96H,6-10,19-29,38-39,46-54,56H2,1-5H3,(H,92,103)(H,97,104)(H,98,105)(H,99,106)(H,100,107). The molecule has 4 aliphatic carbocycles. The number of hydrogen-bond acceptors (Lipinski definition) is 9. The average Bonchev–Trinajstić information content (AvgIpc) is 1.61. The van der Waals surface area contributed by atoms with Gasteiger partial charge in [-0.1, -0.05) is 178 Å². The van der Waals surface area contributed by atoms with Crippen LogP contribution in [0.5, 0.6) is 0 Å². The van der Waals surface area contributed by atoms with Gasteiger partial charge >= 0.3 is 0 Å². The fourth-order valence-corrected chi connectivity index (χ4v) is 17.3. The first-order valence-electron chi connectivity index (χ1n) is 39.5. The molecule has 4 saturated carbocycles. The van der Waals surface area contributed by atoms with E-state index in [9.17, 15) is 19.2 Å². The topological polar surface area (TPSA) is 238 Å². The number of para-hydroxylation sites is 4. The van der Waals surface area contributed by atoms with E-state index >= 15 is 9.59 Å². The van der Waals surface area contributed by atoms with E-state index in [1.165, 1.54) is 0 Å². The van der Waals surface area contributed by atoms with Crippen LogP contribution in [-0.2, 0) is 30.5 Å². The van der Waals surface area contributed by atoms with Gasteiger partial charge < -0.3 is 41.1 Å². The van der Waals surface area contributed by atoms with Gasteiger partial charge in [-0.05, 0) is 151 Å². The van der Waals surface area contributed by atoms with Crippen molar-refractivity contribution in [2.24, 2.45) is 21.7 Å². The molecule has 0 radical (unpaired) electrons. The normalized spacial score (nSPS) is 17.0. The second-order valence-electron chi connectivity index (χ2n) is 32.0. The molecule has 14 rings (SSSR count). The number of aryl methyl sites for hydroxylation is 2. The Morgan fingerprint density at radius 2 is 0.794 bits per heavy atom. The van der Waals surface area contributed by atoms with E-state index in [0.29, 0.717) is 119 Å². The summed E-state index contributed by atoms with van der Waals surface area (Å²) in [6.45, 7) is 11.6. The zero-order valence-corrected chi connectivity index (χ0v) is 63.0. The fourth-order valence-electron chi connectivity index (χ4n) is 17.3. The van der Waals surface area contributed by atoms with Gasteiger partial charge in [0.25, 0.3) is 0 Å². The van der Waals surface area contributed by atoms with E-state index in [0.717, 1.165) is 166 Å². The minimum absolute atomic E-state index is 0.00679. The van der Waals surface area contributed by atoms with Crippen molar-refractivity contribution in [3.8, 4) is 44.5 Å². The number of H-pyrrole nitrogens is 2. The molecule has 0 atom stereocenters. The van der Waals surface area contributed by atoms with Gasteiger partial charge in [0.1, 0.15) is 5.82 Å². The van der Waals surface area contributed by atoms with E-state index in [4.69, 9.17) is 9.97 Å². The maximum Gasteiger partial charge on any atom is 0.230 e. The highest BCUT2D eigenvalue weighted by molar-refractivity contribution is 6.14. The Morgan fingerprint density at radius 3 is 1.19 bits per heavy atom. The smallest absolute Gasteiger partial charge is 0.230 e. The van der Waals surface area contributed by atoms with E-state index in [1.807, 2.05) is 159 Å². The second kappa shape index (κ2) is 32.0. The maximum atomic E-state index is 16.1. The van der Waals surface area contributed by atoms with Crippen LogP contribution in [0.2, 0.25) is 0 Å². The molecule has 0 unspecified atom stereocenters. The fraction of sp³-hybridized carbons (Fsp3) is 0.411. The number of anilines is 4. The lowest BCUT2D eigenvalue weighted by Crippen LogP contribution is -2.35. The first-order valence-corrected chi connectivity index (χ1v) is 39.5. The number of rotatable bonds is 23. The molecule has 7 N–H and O–H groups in total. The van der Waals surface area contributed by atoms with E-state index in [1.54, 1.807) is 0 Å². The number of nitrogens with zero attached hydrogens (tertiary/aromatic N) is 4. The summed E-state index contributed by atoms with van der Waals surface area (Å²) in [4.78, 5) is 113. The summed E-state index contributed by atoms with van der Waals surface area (Å²) in [5.74, 6) is 0.363. The zero-order chi connectivity index (χ0) is 74.3. The average molecular weight is 1430 g/mol.